The Morgan fingerprint density at radius 1 is 1.21 bits per heavy atom. The summed E-state index contributed by atoms with van der Waals surface area (Å²) >= 11 is 11.8. The minimum atomic E-state index is -0.0489. The van der Waals surface area contributed by atoms with E-state index in [9.17, 15) is 4.79 Å². The van der Waals surface area contributed by atoms with Gasteiger partial charge < -0.3 is 10.6 Å². The van der Waals surface area contributed by atoms with Gasteiger partial charge in [0.1, 0.15) is 0 Å². The molecule has 0 saturated heterocycles. The topological polar surface area (TPSA) is 41.1 Å². The Kier molecular flexibility index (Phi) is 7.87. The largest absolute Gasteiger partial charge is 0.325 e. The third-order valence-corrected chi connectivity index (χ3v) is 3.24. The van der Waals surface area contributed by atoms with Gasteiger partial charge in [-0.1, -0.05) is 43.0 Å². The van der Waals surface area contributed by atoms with Crippen LogP contribution in [0.1, 0.15) is 32.6 Å². The minimum absolute atomic E-state index is 0.0489. The maximum Gasteiger partial charge on any atom is 0.225 e. The molecule has 0 atom stereocenters. The molecular weight excluding hydrogens is 283 g/mol. The Labute approximate surface area is 124 Å². The molecule has 0 bridgehead atoms. The second-order valence-corrected chi connectivity index (χ2v) is 5.22. The summed E-state index contributed by atoms with van der Waals surface area (Å²) in [5.74, 6) is -0.0489. The average molecular weight is 303 g/mol. The first kappa shape index (κ1) is 16.3. The molecule has 2 N–H and O–H groups in total. The van der Waals surface area contributed by atoms with E-state index in [1.807, 2.05) is 0 Å². The number of hydrogen-bond donors (Lipinski definition) is 2. The Balaban J connectivity index is 2.23. The van der Waals surface area contributed by atoms with E-state index in [2.05, 4.69) is 17.6 Å². The summed E-state index contributed by atoms with van der Waals surface area (Å²) in [5, 5.41) is 7.03. The Bertz CT molecular complexity index is 410. The van der Waals surface area contributed by atoms with Gasteiger partial charge in [-0.2, -0.15) is 0 Å². The number of amides is 1. The lowest BCUT2D eigenvalue weighted by Crippen LogP contribution is -2.22. The Hall–Kier alpha value is -0.770. The van der Waals surface area contributed by atoms with Crippen LogP contribution < -0.4 is 10.6 Å². The van der Waals surface area contributed by atoms with Crippen LogP contribution in [0.3, 0.4) is 0 Å². The smallest absolute Gasteiger partial charge is 0.225 e. The van der Waals surface area contributed by atoms with Crippen LogP contribution in [0.5, 0.6) is 0 Å². The van der Waals surface area contributed by atoms with Gasteiger partial charge in [-0.3, -0.25) is 4.79 Å². The second kappa shape index (κ2) is 9.18. The van der Waals surface area contributed by atoms with Gasteiger partial charge in [-0.05, 0) is 31.2 Å². The Morgan fingerprint density at radius 2 is 2.00 bits per heavy atom. The minimum Gasteiger partial charge on any atom is -0.325 e. The molecule has 0 fully saturated rings. The summed E-state index contributed by atoms with van der Waals surface area (Å²) < 4.78 is 0. The number of hydrogen-bond acceptors (Lipinski definition) is 2. The molecular formula is C14H20Cl2N2O. The van der Waals surface area contributed by atoms with Crippen molar-refractivity contribution in [2.24, 2.45) is 0 Å². The zero-order valence-corrected chi connectivity index (χ0v) is 12.7. The lowest BCUT2D eigenvalue weighted by Gasteiger charge is -2.08. The van der Waals surface area contributed by atoms with Crippen LogP contribution in [0.15, 0.2) is 18.2 Å². The molecule has 0 unspecified atom stereocenters. The molecule has 5 heteroatoms. The first-order valence-corrected chi connectivity index (χ1v) is 7.34. The third-order valence-electron chi connectivity index (χ3n) is 2.69. The highest BCUT2D eigenvalue weighted by atomic mass is 35.5. The highest BCUT2D eigenvalue weighted by Crippen LogP contribution is 2.25. The van der Waals surface area contributed by atoms with Gasteiger partial charge in [0.05, 0.1) is 10.7 Å². The fraction of sp³-hybridized carbons (Fsp3) is 0.500. The number of carbonyl (C=O) groups is 1. The lowest BCUT2D eigenvalue weighted by molar-refractivity contribution is -0.116. The third kappa shape index (κ3) is 6.81. The molecule has 1 rings (SSSR count). The molecule has 1 aromatic carbocycles. The monoisotopic (exact) mass is 302 g/mol. The van der Waals surface area contributed by atoms with Gasteiger partial charge >= 0.3 is 0 Å². The second-order valence-electron chi connectivity index (χ2n) is 4.38. The van der Waals surface area contributed by atoms with Crippen LogP contribution in [0.4, 0.5) is 5.69 Å². The van der Waals surface area contributed by atoms with E-state index in [0.717, 1.165) is 13.0 Å². The van der Waals surface area contributed by atoms with Crippen molar-refractivity contribution in [1.29, 1.82) is 0 Å². The van der Waals surface area contributed by atoms with Crippen molar-refractivity contribution >= 4 is 34.8 Å². The number of carbonyl (C=O) groups excluding carboxylic acids is 1. The number of anilines is 1. The Morgan fingerprint density at radius 3 is 2.68 bits per heavy atom. The zero-order chi connectivity index (χ0) is 14.1. The molecule has 0 aliphatic heterocycles. The number of rotatable bonds is 8. The van der Waals surface area contributed by atoms with E-state index in [-0.39, 0.29) is 5.91 Å². The quantitative estimate of drug-likeness (QED) is 0.710. The van der Waals surface area contributed by atoms with Crippen molar-refractivity contribution < 1.29 is 4.79 Å². The molecule has 19 heavy (non-hydrogen) atoms. The van der Waals surface area contributed by atoms with Crippen molar-refractivity contribution in [3.63, 3.8) is 0 Å². The summed E-state index contributed by atoms with van der Waals surface area (Å²) in [4.78, 5) is 11.7. The summed E-state index contributed by atoms with van der Waals surface area (Å²) in [6.07, 6.45) is 4.02. The standard InChI is InChI=1S/C14H20Cl2N2O/c1-2-3-4-8-17-9-7-14(19)18-13-6-5-11(15)10-12(13)16/h5-6,10,17H,2-4,7-9H2,1H3,(H,18,19). The first-order valence-electron chi connectivity index (χ1n) is 6.59. The van der Waals surface area contributed by atoms with Gasteiger partial charge in [0.2, 0.25) is 5.91 Å². The van der Waals surface area contributed by atoms with Gasteiger partial charge in [0, 0.05) is 18.0 Å². The highest BCUT2D eigenvalue weighted by molar-refractivity contribution is 6.36. The predicted octanol–water partition coefficient (Wildman–Crippen LogP) is 4.10. The van der Waals surface area contributed by atoms with E-state index in [1.54, 1.807) is 18.2 Å². The van der Waals surface area contributed by atoms with E-state index in [0.29, 0.717) is 28.7 Å². The molecule has 0 aliphatic rings. The predicted molar refractivity (Wildman–Crippen MR) is 82.1 cm³/mol. The van der Waals surface area contributed by atoms with Crippen LogP contribution >= 0.6 is 23.2 Å². The fourth-order valence-corrected chi connectivity index (χ4v) is 2.09. The maximum atomic E-state index is 11.7. The zero-order valence-electron chi connectivity index (χ0n) is 11.1. The molecule has 0 spiro atoms. The lowest BCUT2D eigenvalue weighted by atomic mass is 10.2. The van der Waals surface area contributed by atoms with Crippen LogP contribution in [0.25, 0.3) is 0 Å². The normalized spacial score (nSPS) is 10.5. The summed E-state index contributed by atoms with van der Waals surface area (Å²) in [6, 6.07) is 5.02. The molecule has 0 aliphatic carbocycles. The molecule has 106 valence electrons. The number of nitrogens with one attached hydrogen (secondary N) is 2. The van der Waals surface area contributed by atoms with Crippen molar-refractivity contribution in [2.45, 2.75) is 32.6 Å². The van der Waals surface area contributed by atoms with E-state index >= 15 is 0 Å². The summed E-state index contributed by atoms with van der Waals surface area (Å²) in [7, 11) is 0. The summed E-state index contributed by atoms with van der Waals surface area (Å²) in [6.45, 7) is 3.81. The molecule has 1 amide bonds. The first-order chi connectivity index (χ1) is 9.13. The maximum absolute atomic E-state index is 11.7. The van der Waals surface area contributed by atoms with Crippen molar-refractivity contribution in [3.8, 4) is 0 Å². The van der Waals surface area contributed by atoms with Crippen molar-refractivity contribution in [3.05, 3.63) is 28.2 Å². The molecule has 0 heterocycles. The van der Waals surface area contributed by atoms with E-state index < -0.39 is 0 Å². The molecule has 0 radical (unpaired) electrons. The molecule has 0 saturated carbocycles. The van der Waals surface area contributed by atoms with Crippen LogP contribution in [0, 0.1) is 0 Å². The highest BCUT2D eigenvalue weighted by Gasteiger charge is 2.05. The van der Waals surface area contributed by atoms with Crippen molar-refractivity contribution in [2.75, 3.05) is 18.4 Å². The number of unbranched alkanes of at least 4 members (excludes halogenated alkanes) is 2. The van der Waals surface area contributed by atoms with E-state index in [4.69, 9.17) is 23.2 Å². The number of benzene rings is 1. The average Bonchev–Trinajstić information content (AvgIpc) is 2.37. The van der Waals surface area contributed by atoms with E-state index in [1.165, 1.54) is 12.8 Å². The fourth-order valence-electron chi connectivity index (χ4n) is 1.63. The van der Waals surface area contributed by atoms with Gasteiger partial charge in [-0.15, -0.1) is 0 Å². The van der Waals surface area contributed by atoms with Gasteiger partial charge in [-0.25, -0.2) is 0 Å². The number of halogens is 2. The van der Waals surface area contributed by atoms with Gasteiger partial charge in [0.25, 0.3) is 0 Å². The molecule has 1 aromatic rings. The molecule has 3 nitrogen and oxygen atoms in total. The van der Waals surface area contributed by atoms with Crippen LogP contribution in [0.2, 0.25) is 10.0 Å². The van der Waals surface area contributed by atoms with Gasteiger partial charge in [0.15, 0.2) is 0 Å². The van der Waals surface area contributed by atoms with Crippen LogP contribution in [-0.2, 0) is 4.79 Å². The molecule has 0 aromatic heterocycles. The summed E-state index contributed by atoms with van der Waals surface area (Å²) in [5.41, 5.74) is 0.599. The van der Waals surface area contributed by atoms with Crippen LogP contribution in [-0.4, -0.2) is 19.0 Å². The SMILES string of the molecule is CCCCCNCCC(=O)Nc1ccc(Cl)cc1Cl. The van der Waals surface area contributed by atoms with Crippen molar-refractivity contribution in [1.82, 2.24) is 5.32 Å².